The van der Waals surface area contributed by atoms with E-state index in [1.165, 1.54) is 62.8 Å². The molecule has 1 aromatic carbocycles. The molecule has 0 aliphatic rings. The molecule has 0 radical (unpaired) electrons. The van der Waals surface area contributed by atoms with E-state index >= 15 is 8.42 Å². The topological polar surface area (TPSA) is 424 Å². The van der Waals surface area contributed by atoms with Crippen molar-refractivity contribution in [3.8, 4) is 46.0 Å². The van der Waals surface area contributed by atoms with Crippen molar-refractivity contribution < 1.29 is 95.2 Å². The lowest BCUT2D eigenvalue weighted by molar-refractivity contribution is -0.757. The highest BCUT2D eigenvalue weighted by atomic mass is 32.2. The lowest BCUT2D eigenvalue weighted by Gasteiger charge is -2.30. The molecule has 0 aliphatic carbocycles. The van der Waals surface area contributed by atoms with Gasteiger partial charge < -0.3 is 57.1 Å². The number of rotatable bonds is 34. The number of carbonyl (C=O) groups is 3. The van der Waals surface area contributed by atoms with Crippen LogP contribution in [0.25, 0.3) is 22.9 Å². The van der Waals surface area contributed by atoms with Crippen molar-refractivity contribution in [2.75, 3.05) is 64.3 Å². The fraction of sp³-hybridized carbons (Fsp3) is 0.455. The zero-order chi connectivity index (χ0) is 58.0. The first-order valence-electron chi connectivity index (χ1n) is 23.7. The number of tetrazole rings is 1. The number of pyridine rings is 2. The number of sulfonamides is 1. The fourth-order valence-corrected chi connectivity index (χ4v) is 7.84. The lowest BCUT2D eigenvalue weighted by atomic mass is 10.2. The number of aryl methyl sites for hydroxylation is 1. The summed E-state index contributed by atoms with van der Waals surface area (Å²) in [5.74, 6) is -2.15. The SMILES string of the molecule is COc1ccccc1Oc1c(OCCOC(=O)OCCCCO[N+](=O)[O-])nc(-c2ccnc(-c3nnnn3C(C)OC(=O)OCCCCO[N+](=O)[O-])c2)nc1N(C(C)OC(=O)OCCCCO[N+](=O)[O-])S(=O)(=O)c1ccc(C)cn1. The largest absolute Gasteiger partial charge is 0.510 e. The molecule has 0 aliphatic heterocycles. The smallest absolute Gasteiger partial charge is 0.493 e. The minimum Gasteiger partial charge on any atom is -0.493 e. The van der Waals surface area contributed by atoms with Crippen LogP contribution in [0.1, 0.15) is 64.2 Å². The summed E-state index contributed by atoms with van der Waals surface area (Å²) in [7, 11) is -3.71. The average Bonchev–Trinajstić information content (AvgIpc) is 4.06. The van der Waals surface area contributed by atoms with Crippen molar-refractivity contribution in [3.05, 3.63) is 96.8 Å². The van der Waals surface area contributed by atoms with E-state index < -0.39 is 91.9 Å². The Morgan fingerprint density at radius 1 is 0.700 bits per heavy atom. The minimum absolute atomic E-state index is 0.000908. The number of nitrogens with zero attached hydrogens (tertiary/aromatic N) is 12. The predicted molar refractivity (Wildman–Crippen MR) is 262 cm³/mol. The second-order valence-corrected chi connectivity index (χ2v) is 17.6. The first-order chi connectivity index (χ1) is 38.4. The van der Waals surface area contributed by atoms with Gasteiger partial charge in [0.05, 0.1) is 46.8 Å². The Labute approximate surface area is 452 Å². The van der Waals surface area contributed by atoms with Crippen LogP contribution in [0.5, 0.6) is 23.1 Å². The molecule has 0 amide bonds. The molecular weight excluding hydrogens is 1100 g/mol. The second kappa shape index (κ2) is 30.8. The standard InChI is InChI=1S/C44H52N12O23S/c1-29-15-16-36(46-28-29)80(66,67)53(31(3)78-44(59)72-21-9-12-24-76-56(64)65)40-37(79-35-14-6-5-13-34(35)68-4)41(69-25-26-73-42(57)70-19-7-10-22-74-54(60)61)48-38(47-40)32-17-18-45-33(27-32)39-49-50-51-52(39)30(2)77-43(58)71-20-8-11-23-75-55(62)63/h5-6,13-18,27-28,30-31H,7-12,19-26H2,1-4H3. The first kappa shape index (κ1) is 61.1. The number of hydrogen-bond acceptors (Lipinski definition) is 30. The van der Waals surface area contributed by atoms with E-state index in [2.05, 4.69) is 45.0 Å². The van der Waals surface area contributed by atoms with Crippen molar-refractivity contribution >= 4 is 34.3 Å². The molecule has 4 aromatic heterocycles. The van der Waals surface area contributed by atoms with Crippen molar-refractivity contribution in [3.63, 3.8) is 0 Å². The van der Waals surface area contributed by atoms with Crippen molar-refractivity contribution in [1.29, 1.82) is 0 Å². The highest BCUT2D eigenvalue weighted by Gasteiger charge is 2.39. The normalized spacial score (nSPS) is 11.7. The highest BCUT2D eigenvalue weighted by molar-refractivity contribution is 7.92. The average molecular weight is 1150 g/mol. The zero-order valence-electron chi connectivity index (χ0n) is 43.0. The molecule has 35 nitrogen and oxygen atoms in total. The van der Waals surface area contributed by atoms with Gasteiger partial charge in [-0.3, -0.25) is 4.98 Å². The number of methoxy groups -OCH3 is 1. The Kier molecular flexibility index (Phi) is 23.5. The Hall–Kier alpha value is -9.77. The van der Waals surface area contributed by atoms with E-state index in [4.69, 9.17) is 47.6 Å². The van der Waals surface area contributed by atoms with Crippen LogP contribution in [-0.4, -0.2) is 148 Å². The molecule has 0 spiro atoms. The molecule has 0 N–H and O–H groups in total. The zero-order valence-corrected chi connectivity index (χ0v) is 43.8. The lowest BCUT2D eigenvalue weighted by Crippen LogP contribution is -2.42. The molecule has 2 unspecified atom stereocenters. The number of para-hydroxylation sites is 2. The Morgan fingerprint density at radius 2 is 1.27 bits per heavy atom. The van der Waals surface area contributed by atoms with E-state index in [1.54, 1.807) is 19.1 Å². The van der Waals surface area contributed by atoms with Gasteiger partial charge in [-0.1, -0.05) is 18.2 Å². The summed E-state index contributed by atoms with van der Waals surface area (Å²) in [6, 6.07) is 11.5. The summed E-state index contributed by atoms with van der Waals surface area (Å²) in [6.45, 7) is 1.72. The Bertz CT molecular complexity index is 2990. The van der Waals surface area contributed by atoms with Crippen LogP contribution < -0.4 is 18.5 Å². The van der Waals surface area contributed by atoms with Gasteiger partial charge in [-0.15, -0.1) is 35.4 Å². The van der Waals surface area contributed by atoms with Crippen LogP contribution >= 0.6 is 0 Å². The third kappa shape index (κ3) is 19.1. The molecule has 0 saturated carbocycles. The number of hydrogen-bond donors (Lipinski definition) is 0. The number of unbranched alkanes of at least 4 members (excludes halogenated alkanes) is 3. The van der Waals surface area contributed by atoms with E-state index in [1.807, 2.05) is 0 Å². The summed E-state index contributed by atoms with van der Waals surface area (Å²) in [4.78, 5) is 100. The van der Waals surface area contributed by atoms with Crippen molar-refractivity contribution in [2.24, 2.45) is 0 Å². The molecule has 4 heterocycles. The van der Waals surface area contributed by atoms with Crippen LogP contribution in [0, 0.1) is 37.3 Å². The summed E-state index contributed by atoms with van der Waals surface area (Å²) >= 11 is 0. The van der Waals surface area contributed by atoms with Gasteiger partial charge in [0.25, 0.3) is 31.2 Å². The van der Waals surface area contributed by atoms with Gasteiger partial charge in [-0.05, 0) is 106 Å². The van der Waals surface area contributed by atoms with Crippen LogP contribution in [0.3, 0.4) is 0 Å². The highest BCUT2D eigenvalue weighted by Crippen LogP contribution is 2.45. The summed E-state index contributed by atoms with van der Waals surface area (Å²) in [6.07, 6.45) is -3.30. The molecule has 0 saturated heterocycles. The fourth-order valence-electron chi connectivity index (χ4n) is 6.43. The minimum atomic E-state index is -5.04. The number of anilines is 1. The molecule has 2 atom stereocenters. The van der Waals surface area contributed by atoms with E-state index in [0.29, 0.717) is 9.87 Å². The maximum atomic E-state index is 15.1. The van der Waals surface area contributed by atoms with Crippen molar-refractivity contribution in [2.45, 2.75) is 76.8 Å². The summed E-state index contributed by atoms with van der Waals surface area (Å²) < 4.78 is 81.3. The molecule has 5 aromatic rings. The predicted octanol–water partition coefficient (Wildman–Crippen LogP) is 5.56. The molecule has 0 bridgehead atoms. The van der Waals surface area contributed by atoms with Gasteiger partial charge in [-0.2, -0.15) is 18.1 Å². The summed E-state index contributed by atoms with van der Waals surface area (Å²) in [5, 5.41) is 39.6. The molecule has 80 heavy (non-hydrogen) atoms. The Balaban J connectivity index is 1.60. The van der Waals surface area contributed by atoms with E-state index in [-0.39, 0.29) is 113 Å². The maximum absolute atomic E-state index is 15.1. The van der Waals surface area contributed by atoms with Gasteiger partial charge in [-0.25, -0.2) is 28.7 Å². The van der Waals surface area contributed by atoms with Crippen LogP contribution in [-0.2, 0) is 53.0 Å². The van der Waals surface area contributed by atoms with Gasteiger partial charge in [0.15, 0.2) is 40.6 Å². The monoisotopic (exact) mass is 1150 g/mol. The van der Waals surface area contributed by atoms with Gasteiger partial charge in [0.2, 0.25) is 11.6 Å². The second-order valence-electron chi connectivity index (χ2n) is 15.8. The molecule has 0 fully saturated rings. The van der Waals surface area contributed by atoms with E-state index in [9.17, 15) is 44.7 Å². The van der Waals surface area contributed by atoms with E-state index in [0.717, 1.165) is 11.6 Å². The Morgan fingerprint density at radius 3 is 1.86 bits per heavy atom. The number of carbonyl (C=O) groups excluding carboxylic acids is 3. The van der Waals surface area contributed by atoms with Gasteiger partial charge in [0.1, 0.15) is 18.9 Å². The van der Waals surface area contributed by atoms with Crippen LogP contribution in [0.4, 0.5) is 20.2 Å². The third-order valence-corrected chi connectivity index (χ3v) is 11.8. The summed E-state index contributed by atoms with van der Waals surface area (Å²) in [5.41, 5.74) is 0.618. The number of benzene rings is 1. The van der Waals surface area contributed by atoms with Crippen LogP contribution in [0.2, 0.25) is 0 Å². The molecule has 36 heteroatoms. The number of aromatic nitrogens is 8. The molecule has 5 rings (SSSR count). The van der Waals surface area contributed by atoms with Crippen LogP contribution in [0.15, 0.2) is 66.0 Å². The van der Waals surface area contributed by atoms with Gasteiger partial charge >= 0.3 is 18.5 Å². The number of ether oxygens (including phenoxy) is 9. The van der Waals surface area contributed by atoms with Gasteiger partial charge in [0, 0.05) is 18.0 Å². The quantitative estimate of drug-likeness (QED) is 0.0121. The molecular formula is C44H52N12O23S. The van der Waals surface area contributed by atoms with Crippen molar-refractivity contribution in [1.82, 2.24) is 40.1 Å². The maximum Gasteiger partial charge on any atom is 0.510 e. The first-order valence-corrected chi connectivity index (χ1v) is 25.2. The third-order valence-electron chi connectivity index (χ3n) is 10.1. The molecule has 432 valence electrons.